The second-order valence-corrected chi connectivity index (χ2v) is 4.75. The van der Waals surface area contributed by atoms with Crippen LogP contribution >= 0.6 is 0 Å². The molecule has 2 amide bonds. The smallest absolute Gasteiger partial charge is 0.251 e. The van der Waals surface area contributed by atoms with Crippen LogP contribution in [0.3, 0.4) is 0 Å². The molecule has 0 radical (unpaired) electrons. The number of amides is 2. The normalized spacial score (nSPS) is 10.1. The molecule has 0 unspecified atom stereocenters. The highest BCUT2D eigenvalue weighted by atomic mass is 19.1. The third-order valence-electron chi connectivity index (χ3n) is 3.00. The second-order valence-electron chi connectivity index (χ2n) is 4.75. The van der Waals surface area contributed by atoms with E-state index in [1.165, 1.54) is 24.3 Å². The highest BCUT2D eigenvalue weighted by Crippen LogP contribution is 2.25. The first kappa shape index (κ1) is 17.2. The highest BCUT2D eigenvalue weighted by molar-refractivity contribution is 5.99. The van der Waals surface area contributed by atoms with Crippen LogP contribution in [0.15, 0.2) is 36.4 Å². The molecule has 126 valence electrons. The van der Waals surface area contributed by atoms with Gasteiger partial charge in [-0.2, -0.15) is 0 Å². The first-order valence-electron chi connectivity index (χ1n) is 6.81. The van der Waals surface area contributed by atoms with Gasteiger partial charge in [0.05, 0.1) is 13.7 Å². The van der Waals surface area contributed by atoms with Crippen LogP contribution in [0.2, 0.25) is 0 Å². The number of halogens is 2. The molecule has 6 nitrogen and oxygen atoms in total. The molecule has 0 aliphatic carbocycles. The fourth-order valence-corrected chi connectivity index (χ4v) is 1.94. The number of aromatic hydroxyl groups is 1. The number of phenolic OH excluding ortho intramolecular Hbond substituents is 1. The molecular weight excluding hydrogens is 322 g/mol. The second kappa shape index (κ2) is 7.40. The quantitative estimate of drug-likeness (QED) is 0.780. The van der Waals surface area contributed by atoms with Gasteiger partial charge in [-0.25, -0.2) is 8.78 Å². The molecule has 0 heterocycles. The number of hydrogen-bond donors (Lipinski definition) is 3. The van der Waals surface area contributed by atoms with E-state index in [2.05, 4.69) is 15.4 Å². The SMILES string of the molecule is COc1c(F)cc(NC(=O)CNC(=O)c2cccc(O)c2)cc1F. The minimum atomic E-state index is -0.961. The van der Waals surface area contributed by atoms with Crippen molar-refractivity contribution in [2.24, 2.45) is 0 Å². The summed E-state index contributed by atoms with van der Waals surface area (Å²) in [5.41, 5.74) is 0.0618. The van der Waals surface area contributed by atoms with Crippen LogP contribution in [0.5, 0.6) is 11.5 Å². The Morgan fingerprint density at radius 2 is 1.83 bits per heavy atom. The molecule has 2 rings (SSSR count). The minimum Gasteiger partial charge on any atom is -0.508 e. The van der Waals surface area contributed by atoms with Gasteiger partial charge < -0.3 is 20.5 Å². The van der Waals surface area contributed by atoms with Gasteiger partial charge in [0.1, 0.15) is 5.75 Å². The van der Waals surface area contributed by atoms with Crippen molar-refractivity contribution in [3.05, 3.63) is 53.6 Å². The Morgan fingerprint density at radius 3 is 2.42 bits per heavy atom. The zero-order valence-corrected chi connectivity index (χ0v) is 12.6. The molecule has 3 N–H and O–H groups in total. The van der Waals surface area contributed by atoms with Crippen LogP contribution in [-0.4, -0.2) is 30.6 Å². The van der Waals surface area contributed by atoms with Crippen molar-refractivity contribution in [1.29, 1.82) is 0 Å². The summed E-state index contributed by atoms with van der Waals surface area (Å²) < 4.78 is 31.6. The monoisotopic (exact) mass is 336 g/mol. The highest BCUT2D eigenvalue weighted by Gasteiger charge is 2.14. The van der Waals surface area contributed by atoms with Crippen molar-refractivity contribution in [3.8, 4) is 11.5 Å². The molecule has 24 heavy (non-hydrogen) atoms. The molecular formula is C16H14F2N2O4. The van der Waals surface area contributed by atoms with E-state index in [4.69, 9.17) is 0 Å². The van der Waals surface area contributed by atoms with Crippen molar-refractivity contribution >= 4 is 17.5 Å². The summed E-state index contributed by atoms with van der Waals surface area (Å²) in [5, 5.41) is 13.9. The number of carbonyl (C=O) groups is 2. The van der Waals surface area contributed by atoms with E-state index < -0.39 is 35.7 Å². The average Bonchev–Trinajstić information content (AvgIpc) is 2.52. The van der Waals surface area contributed by atoms with Crippen LogP contribution in [0, 0.1) is 11.6 Å². The van der Waals surface area contributed by atoms with Crippen LogP contribution in [0.25, 0.3) is 0 Å². The van der Waals surface area contributed by atoms with E-state index in [-0.39, 0.29) is 17.0 Å². The minimum absolute atomic E-state index is 0.0868. The van der Waals surface area contributed by atoms with Gasteiger partial charge >= 0.3 is 0 Å². The summed E-state index contributed by atoms with van der Waals surface area (Å²) in [4.78, 5) is 23.5. The van der Waals surface area contributed by atoms with Gasteiger partial charge in [0.25, 0.3) is 5.91 Å². The van der Waals surface area contributed by atoms with E-state index in [1.807, 2.05) is 0 Å². The Labute approximate surface area is 136 Å². The standard InChI is InChI=1S/C16H14F2N2O4/c1-24-15-12(17)6-10(7-13(15)18)20-14(22)8-19-16(23)9-3-2-4-11(21)5-9/h2-7,21H,8H2,1H3,(H,19,23)(H,20,22). The van der Waals surface area contributed by atoms with E-state index in [1.54, 1.807) is 0 Å². The molecule has 0 saturated heterocycles. The number of carbonyl (C=O) groups excluding carboxylic acids is 2. The fourth-order valence-electron chi connectivity index (χ4n) is 1.94. The largest absolute Gasteiger partial charge is 0.508 e. The summed E-state index contributed by atoms with van der Waals surface area (Å²) in [5.74, 6) is -3.81. The van der Waals surface area contributed by atoms with Crippen molar-refractivity contribution in [3.63, 3.8) is 0 Å². The van der Waals surface area contributed by atoms with Gasteiger partial charge in [0.2, 0.25) is 5.91 Å². The van der Waals surface area contributed by atoms with Gasteiger partial charge in [-0.3, -0.25) is 9.59 Å². The topological polar surface area (TPSA) is 87.7 Å². The maximum atomic E-state index is 13.5. The first-order valence-corrected chi connectivity index (χ1v) is 6.81. The lowest BCUT2D eigenvalue weighted by molar-refractivity contribution is -0.115. The van der Waals surface area contributed by atoms with Gasteiger partial charge in [-0.05, 0) is 18.2 Å². The maximum Gasteiger partial charge on any atom is 0.251 e. The summed E-state index contributed by atoms with van der Waals surface area (Å²) in [7, 11) is 1.12. The molecule has 2 aromatic carbocycles. The third-order valence-corrected chi connectivity index (χ3v) is 3.00. The number of ether oxygens (including phenoxy) is 1. The van der Waals surface area contributed by atoms with E-state index >= 15 is 0 Å². The molecule has 0 aliphatic rings. The lowest BCUT2D eigenvalue weighted by atomic mass is 10.2. The molecule has 0 aromatic heterocycles. The van der Waals surface area contributed by atoms with Crippen LogP contribution < -0.4 is 15.4 Å². The van der Waals surface area contributed by atoms with Gasteiger partial charge in [-0.1, -0.05) is 6.07 Å². The number of phenols is 1. The number of hydrogen-bond acceptors (Lipinski definition) is 4. The molecule has 8 heteroatoms. The van der Waals surface area contributed by atoms with Crippen LogP contribution in [0.1, 0.15) is 10.4 Å². The number of anilines is 1. The van der Waals surface area contributed by atoms with Gasteiger partial charge in [0.15, 0.2) is 17.4 Å². The zero-order chi connectivity index (χ0) is 17.7. The molecule has 2 aromatic rings. The molecule has 0 fully saturated rings. The predicted octanol–water partition coefficient (Wildman–Crippen LogP) is 2.05. The molecule has 0 bridgehead atoms. The van der Waals surface area contributed by atoms with Gasteiger partial charge in [0, 0.05) is 23.4 Å². The number of benzene rings is 2. The predicted molar refractivity (Wildman–Crippen MR) is 82.0 cm³/mol. The third kappa shape index (κ3) is 4.19. The van der Waals surface area contributed by atoms with Crippen molar-refractivity contribution < 1.29 is 28.2 Å². The Bertz CT molecular complexity index is 757. The average molecular weight is 336 g/mol. The van der Waals surface area contributed by atoms with Crippen molar-refractivity contribution in [2.45, 2.75) is 0 Å². The van der Waals surface area contributed by atoms with Crippen molar-refractivity contribution in [2.75, 3.05) is 19.0 Å². The maximum absolute atomic E-state index is 13.5. The fraction of sp³-hybridized carbons (Fsp3) is 0.125. The Kier molecular flexibility index (Phi) is 5.31. The van der Waals surface area contributed by atoms with Crippen molar-refractivity contribution in [1.82, 2.24) is 5.32 Å². The molecule has 0 aliphatic heterocycles. The molecule has 0 atom stereocenters. The van der Waals surface area contributed by atoms with Crippen LogP contribution in [0.4, 0.5) is 14.5 Å². The molecule has 0 saturated carbocycles. The zero-order valence-electron chi connectivity index (χ0n) is 12.6. The van der Waals surface area contributed by atoms with E-state index in [0.717, 1.165) is 19.2 Å². The Morgan fingerprint density at radius 1 is 1.17 bits per heavy atom. The number of rotatable bonds is 5. The lowest BCUT2D eigenvalue weighted by Crippen LogP contribution is -2.32. The summed E-state index contributed by atoms with van der Waals surface area (Å²) >= 11 is 0. The molecule has 0 spiro atoms. The number of methoxy groups -OCH3 is 1. The van der Waals surface area contributed by atoms with Gasteiger partial charge in [-0.15, -0.1) is 0 Å². The summed E-state index contributed by atoms with van der Waals surface area (Å²) in [6, 6.07) is 7.37. The number of nitrogens with one attached hydrogen (secondary N) is 2. The van der Waals surface area contributed by atoms with Crippen LogP contribution in [-0.2, 0) is 4.79 Å². The van der Waals surface area contributed by atoms with E-state index in [9.17, 15) is 23.5 Å². The lowest BCUT2D eigenvalue weighted by Gasteiger charge is -2.09. The Balaban J connectivity index is 1.95. The summed E-state index contributed by atoms with van der Waals surface area (Å²) in [6.07, 6.45) is 0. The van der Waals surface area contributed by atoms with E-state index in [0.29, 0.717) is 0 Å². The Hall–Kier alpha value is -3.16. The summed E-state index contributed by atoms with van der Waals surface area (Å²) in [6.45, 7) is -0.413. The first-order chi connectivity index (χ1) is 11.4.